The molecule has 1 aliphatic rings. The fourth-order valence-electron chi connectivity index (χ4n) is 2.35. The number of methoxy groups -OCH3 is 1. The van der Waals surface area contributed by atoms with Gasteiger partial charge in [-0.3, -0.25) is 0 Å². The van der Waals surface area contributed by atoms with Gasteiger partial charge < -0.3 is 25.2 Å². The van der Waals surface area contributed by atoms with Gasteiger partial charge in [0.15, 0.2) is 17.6 Å². The summed E-state index contributed by atoms with van der Waals surface area (Å²) in [5.41, 5.74) is 0.526. The van der Waals surface area contributed by atoms with Crippen LogP contribution in [-0.2, 0) is 0 Å². The summed E-state index contributed by atoms with van der Waals surface area (Å²) in [4.78, 5) is 0. The highest BCUT2D eigenvalue weighted by molar-refractivity contribution is 5.49. The van der Waals surface area contributed by atoms with E-state index in [4.69, 9.17) is 10.5 Å². The lowest BCUT2D eigenvalue weighted by atomic mass is 10.0. The Morgan fingerprint density at radius 1 is 1.14 bits per heavy atom. The van der Waals surface area contributed by atoms with E-state index >= 15 is 0 Å². The molecule has 0 fully saturated rings. The molecule has 1 aliphatic heterocycles. The van der Waals surface area contributed by atoms with Crippen molar-refractivity contribution in [2.75, 3.05) is 7.11 Å². The summed E-state index contributed by atoms with van der Waals surface area (Å²) < 4.78 is 18.7. The lowest BCUT2D eigenvalue weighted by molar-refractivity contribution is 0.215. The Balaban J connectivity index is 2.22. The summed E-state index contributed by atoms with van der Waals surface area (Å²) in [5.74, 6) is -0.411. The van der Waals surface area contributed by atoms with Crippen LogP contribution >= 0.6 is 0 Å². The molecule has 0 saturated carbocycles. The van der Waals surface area contributed by atoms with Gasteiger partial charge in [0.1, 0.15) is 16.7 Å². The Morgan fingerprint density at radius 3 is 2.64 bits per heavy atom. The third-order valence-electron chi connectivity index (χ3n) is 3.42. The predicted octanol–water partition coefficient (Wildman–Crippen LogP) is 0.323. The molecule has 0 aromatic heterocycles. The number of benzene rings is 2. The summed E-state index contributed by atoms with van der Waals surface area (Å²) in [5, 5.41) is 39.5. The fraction of sp³-hybridized carbons (Fsp3) is 0.188. The number of ether oxygens (including phenoxy) is 1. The summed E-state index contributed by atoms with van der Waals surface area (Å²) in [6.45, 7) is 0. The molecule has 0 bridgehead atoms. The van der Waals surface area contributed by atoms with Crippen LogP contribution in [0.25, 0.3) is 6.08 Å². The normalized spacial score (nSPS) is 23.7. The second-order valence-corrected chi connectivity index (χ2v) is 4.88. The van der Waals surface area contributed by atoms with Gasteiger partial charge in [-0.2, -0.15) is 0 Å². The molecule has 2 atom stereocenters. The van der Waals surface area contributed by atoms with E-state index < -0.39 is 12.2 Å². The predicted molar refractivity (Wildman–Crippen MR) is 79.1 cm³/mol. The van der Waals surface area contributed by atoms with Crippen molar-refractivity contribution in [3.63, 3.8) is 0 Å². The minimum Gasteiger partial charge on any atom is -0.507 e. The minimum absolute atomic E-state index is 0.0831. The molecule has 0 radical (unpaired) electrons. The van der Waals surface area contributed by atoms with E-state index in [0.717, 1.165) is 12.1 Å². The van der Waals surface area contributed by atoms with Gasteiger partial charge in [0.05, 0.1) is 20.1 Å². The average Bonchev–Trinajstić information content (AvgIpc) is 2.48. The highest BCUT2D eigenvalue weighted by Gasteiger charge is 2.33. The summed E-state index contributed by atoms with van der Waals surface area (Å²) >= 11 is 0. The van der Waals surface area contributed by atoms with Crippen molar-refractivity contribution in [1.82, 2.24) is 0 Å². The minimum atomic E-state index is -2.16. The van der Waals surface area contributed by atoms with E-state index in [0.29, 0.717) is 5.56 Å². The first-order valence-electron chi connectivity index (χ1n) is 6.99. The number of rotatable bonds is 2. The first-order chi connectivity index (χ1) is 10.8. The van der Waals surface area contributed by atoms with Crippen LogP contribution in [0.3, 0.4) is 0 Å². The molecule has 0 amide bonds. The zero-order valence-corrected chi connectivity index (χ0v) is 11.6. The van der Waals surface area contributed by atoms with E-state index in [1.807, 2.05) is 0 Å². The van der Waals surface area contributed by atoms with E-state index in [-0.39, 0.29) is 33.6 Å². The molecule has 4 N–H and O–H groups in total. The first kappa shape index (κ1) is 13.0. The maximum atomic E-state index is 10.4. The second-order valence-electron chi connectivity index (χ2n) is 4.88. The molecule has 2 unspecified atom stereocenters. The maximum Gasteiger partial charge on any atom is 0.359 e. The van der Waals surface area contributed by atoms with Crippen LogP contribution < -0.4 is 15.4 Å². The SMILES string of the molecule is [2H]C1(O)C=c2c(O)cc(O)cc2=[O+]C1c1ccc(O)c(OC)c1. The largest absolute Gasteiger partial charge is 0.507 e. The van der Waals surface area contributed by atoms with Crippen molar-refractivity contribution in [2.45, 2.75) is 12.2 Å². The molecule has 0 saturated heterocycles. The monoisotopic (exact) mass is 304 g/mol. The molecule has 22 heavy (non-hydrogen) atoms. The van der Waals surface area contributed by atoms with Gasteiger partial charge in [0.25, 0.3) is 0 Å². The maximum absolute atomic E-state index is 10.4. The van der Waals surface area contributed by atoms with Gasteiger partial charge in [-0.05, 0) is 24.3 Å². The lowest BCUT2D eigenvalue weighted by Gasteiger charge is -2.12. The quantitative estimate of drug-likeness (QED) is 0.599. The summed E-state index contributed by atoms with van der Waals surface area (Å²) in [6, 6.07) is 6.68. The molecule has 2 aromatic rings. The molecule has 6 heteroatoms. The molecule has 2 aromatic carbocycles. The van der Waals surface area contributed by atoms with E-state index in [9.17, 15) is 20.4 Å². The van der Waals surface area contributed by atoms with Crippen LogP contribution in [0.2, 0.25) is 0 Å². The molecule has 6 nitrogen and oxygen atoms in total. The molecule has 1 heterocycles. The molecule has 0 spiro atoms. The van der Waals surface area contributed by atoms with Crippen molar-refractivity contribution in [3.8, 4) is 23.0 Å². The van der Waals surface area contributed by atoms with Crippen molar-refractivity contribution in [2.24, 2.45) is 0 Å². The highest BCUT2D eigenvalue weighted by atomic mass is 16.5. The smallest absolute Gasteiger partial charge is 0.359 e. The van der Waals surface area contributed by atoms with Crippen molar-refractivity contribution in [3.05, 3.63) is 51.0 Å². The number of phenolic OH excluding ortho intramolecular Hbond substituents is 3. The third-order valence-corrected chi connectivity index (χ3v) is 3.42. The second kappa shape index (κ2) is 5.23. The van der Waals surface area contributed by atoms with E-state index in [2.05, 4.69) is 0 Å². The van der Waals surface area contributed by atoms with Crippen molar-refractivity contribution < 1.29 is 26.5 Å². The van der Waals surface area contributed by atoms with Crippen LogP contribution in [0, 0.1) is 0 Å². The Bertz CT molecular complexity index is 890. The Morgan fingerprint density at radius 2 is 1.91 bits per heavy atom. The Hall–Kier alpha value is -2.73. The molecule has 3 rings (SSSR count). The molecule has 0 aliphatic carbocycles. The highest BCUT2D eigenvalue weighted by Crippen LogP contribution is 2.32. The number of aliphatic hydroxyl groups is 1. The first-order valence-corrected chi connectivity index (χ1v) is 6.49. The summed E-state index contributed by atoms with van der Waals surface area (Å²) in [7, 11) is 1.38. The van der Waals surface area contributed by atoms with Gasteiger partial charge >= 0.3 is 11.5 Å². The molecular weight excluding hydrogens is 288 g/mol. The van der Waals surface area contributed by atoms with Crippen molar-refractivity contribution in [1.29, 1.82) is 0 Å². The van der Waals surface area contributed by atoms with Crippen LogP contribution in [-0.4, -0.2) is 33.6 Å². The Kier molecular flexibility index (Phi) is 3.08. The molecular formula is C16H15O6+. The topological polar surface area (TPSA) is 101 Å². The number of hydrogen-bond donors (Lipinski definition) is 4. The fourth-order valence-corrected chi connectivity index (χ4v) is 2.35. The standard InChI is InChI=1S/C16H14O6/c1-21-15-4-8(2-3-11(15)18)16-13(20)7-10-12(19)5-9(17)6-14(10)22-16/h2-7,13,16,20H,1H3,(H2-,17,18,19)/p+1/i13D. The zero-order chi connectivity index (χ0) is 16.8. The van der Waals surface area contributed by atoms with Gasteiger partial charge in [-0.15, -0.1) is 0 Å². The van der Waals surface area contributed by atoms with E-state index in [1.165, 1.54) is 31.4 Å². The van der Waals surface area contributed by atoms with Crippen LogP contribution in [0.4, 0.5) is 0 Å². The van der Waals surface area contributed by atoms with Crippen LogP contribution in [0.5, 0.6) is 23.0 Å². The van der Waals surface area contributed by atoms with E-state index in [1.54, 1.807) is 0 Å². The zero-order valence-electron chi connectivity index (χ0n) is 12.6. The lowest BCUT2D eigenvalue weighted by Crippen LogP contribution is -2.35. The van der Waals surface area contributed by atoms with Crippen molar-refractivity contribution >= 4 is 6.08 Å². The Labute approximate surface area is 126 Å². The molecule has 114 valence electrons. The number of aromatic hydroxyl groups is 3. The van der Waals surface area contributed by atoms with Gasteiger partial charge in [-0.25, -0.2) is 4.42 Å². The number of hydrogen-bond acceptors (Lipinski definition) is 5. The summed E-state index contributed by atoms with van der Waals surface area (Å²) in [6.07, 6.45) is -2.15. The van der Waals surface area contributed by atoms with Gasteiger partial charge in [0.2, 0.25) is 0 Å². The van der Waals surface area contributed by atoms with Gasteiger partial charge in [0, 0.05) is 6.07 Å². The average molecular weight is 304 g/mol. The van der Waals surface area contributed by atoms with Crippen LogP contribution in [0.1, 0.15) is 13.0 Å². The van der Waals surface area contributed by atoms with Gasteiger partial charge in [-0.1, -0.05) is 0 Å². The number of phenols is 3. The number of fused-ring (bicyclic) bond motifs is 1. The third kappa shape index (κ3) is 2.33. The van der Waals surface area contributed by atoms with Crippen LogP contribution in [0.15, 0.2) is 34.8 Å².